The van der Waals surface area contributed by atoms with Crippen molar-refractivity contribution in [3.8, 4) is 5.95 Å². The molecule has 6 rings (SSSR count). The Hall–Kier alpha value is -2.82. The number of H-pyrrole nitrogens is 1. The third-order valence-electron chi connectivity index (χ3n) is 6.33. The van der Waals surface area contributed by atoms with Gasteiger partial charge in [0, 0.05) is 18.7 Å². The molecule has 4 aromatic rings. The van der Waals surface area contributed by atoms with E-state index in [0.717, 1.165) is 51.6 Å². The Kier molecular flexibility index (Phi) is 6.62. The number of rotatable bonds is 2. The molecule has 9 nitrogen and oxygen atoms in total. The molecule has 0 bridgehead atoms. The van der Waals surface area contributed by atoms with Gasteiger partial charge in [0.25, 0.3) is 0 Å². The highest BCUT2D eigenvalue weighted by atomic mass is 35.5. The van der Waals surface area contributed by atoms with E-state index < -0.39 is 6.29 Å². The summed E-state index contributed by atoms with van der Waals surface area (Å²) in [6, 6.07) is 4.41. The van der Waals surface area contributed by atoms with E-state index in [4.69, 9.17) is 21.4 Å². The molecule has 1 aliphatic carbocycles. The fraction of sp³-hybridized carbons (Fsp3) is 0.478. The number of ether oxygens (including phenoxy) is 1. The zero-order valence-electron chi connectivity index (χ0n) is 18.6. The van der Waals surface area contributed by atoms with Crippen LogP contribution in [0.25, 0.3) is 28.1 Å². The van der Waals surface area contributed by atoms with E-state index in [9.17, 15) is 9.18 Å². The largest absolute Gasteiger partial charge is 0.368 e. The van der Waals surface area contributed by atoms with Crippen molar-refractivity contribution >= 4 is 33.8 Å². The molecule has 2 fully saturated rings. The fourth-order valence-corrected chi connectivity index (χ4v) is 4.81. The van der Waals surface area contributed by atoms with Gasteiger partial charge < -0.3 is 14.8 Å². The quantitative estimate of drug-likeness (QED) is 0.408. The maximum Gasteiger partial charge on any atom is 0.328 e. The summed E-state index contributed by atoms with van der Waals surface area (Å²) in [6.07, 6.45) is 9.32. The summed E-state index contributed by atoms with van der Waals surface area (Å²) in [7, 11) is 0. The van der Waals surface area contributed by atoms with E-state index in [2.05, 4.69) is 19.9 Å². The van der Waals surface area contributed by atoms with Gasteiger partial charge >= 0.3 is 5.69 Å². The summed E-state index contributed by atoms with van der Waals surface area (Å²) in [5, 5.41) is 8.84. The van der Waals surface area contributed by atoms with Crippen molar-refractivity contribution < 1.29 is 14.2 Å². The Bertz CT molecular complexity index is 1350. The Labute approximate surface area is 199 Å². The van der Waals surface area contributed by atoms with E-state index in [-0.39, 0.29) is 28.7 Å². The van der Waals surface area contributed by atoms with Gasteiger partial charge in [-0.3, -0.25) is 9.13 Å². The minimum Gasteiger partial charge on any atom is -0.368 e. The first-order chi connectivity index (χ1) is 16.5. The lowest BCUT2D eigenvalue weighted by atomic mass is 9.95. The zero-order valence-corrected chi connectivity index (χ0v) is 19.3. The number of aliphatic hydroxyl groups excluding tert-OH is 1. The number of aromatic amines is 1. The van der Waals surface area contributed by atoms with Crippen LogP contribution in [-0.4, -0.2) is 47.1 Å². The van der Waals surface area contributed by atoms with Crippen LogP contribution in [0.1, 0.15) is 57.4 Å². The minimum atomic E-state index is -0.464. The number of fused-ring (bicyclic) bond motifs is 2. The van der Waals surface area contributed by atoms with Crippen LogP contribution in [0.2, 0.25) is 5.15 Å². The second kappa shape index (κ2) is 9.81. The van der Waals surface area contributed by atoms with Gasteiger partial charge in [-0.15, -0.1) is 0 Å². The van der Waals surface area contributed by atoms with Crippen molar-refractivity contribution in [1.29, 1.82) is 0 Å². The van der Waals surface area contributed by atoms with Crippen molar-refractivity contribution in [2.75, 3.05) is 6.61 Å². The number of imidazole rings is 2. The second-order valence-corrected chi connectivity index (χ2v) is 9.03. The highest BCUT2D eigenvalue weighted by molar-refractivity contribution is 6.33. The molecule has 1 aliphatic heterocycles. The van der Waals surface area contributed by atoms with Crippen molar-refractivity contribution in [1.82, 2.24) is 29.1 Å². The van der Waals surface area contributed by atoms with Gasteiger partial charge in [0.1, 0.15) is 17.7 Å². The van der Waals surface area contributed by atoms with Crippen LogP contribution >= 0.6 is 11.6 Å². The highest BCUT2D eigenvalue weighted by Gasteiger charge is 2.23. The molecular weight excluding hydrogens is 463 g/mol. The van der Waals surface area contributed by atoms with Crippen LogP contribution in [0.3, 0.4) is 0 Å². The van der Waals surface area contributed by atoms with Crippen LogP contribution in [0, 0.1) is 5.82 Å². The molecule has 0 amide bonds. The standard InChI is InChI=1S/C18H16ClFN6O.C5H10O2/c19-15-14-16(26(18(27)22-14)11-4-2-1-3-5-11)24-17(23-15)25-9-21-12-7-6-10(20)8-13(12)25;6-5-3-1-2-4-7-5/h6-9,11H,1-5H2,(H,22,27);5-6H,1-4H2. The van der Waals surface area contributed by atoms with Gasteiger partial charge in [0.15, 0.2) is 17.1 Å². The van der Waals surface area contributed by atoms with Gasteiger partial charge in [0.2, 0.25) is 5.95 Å². The van der Waals surface area contributed by atoms with Crippen molar-refractivity contribution in [3.63, 3.8) is 0 Å². The summed E-state index contributed by atoms with van der Waals surface area (Å²) in [6.45, 7) is 0.737. The lowest BCUT2D eigenvalue weighted by molar-refractivity contribution is -0.123. The average Bonchev–Trinajstić information content (AvgIpc) is 3.41. The number of nitrogens with one attached hydrogen (secondary N) is 1. The minimum absolute atomic E-state index is 0.0933. The number of aliphatic hydroxyl groups is 1. The molecule has 1 unspecified atom stereocenters. The monoisotopic (exact) mass is 488 g/mol. The summed E-state index contributed by atoms with van der Waals surface area (Å²) in [4.78, 5) is 28.5. The zero-order chi connectivity index (χ0) is 23.7. The molecule has 34 heavy (non-hydrogen) atoms. The smallest absolute Gasteiger partial charge is 0.328 e. The molecule has 180 valence electrons. The molecule has 11 heteroatoms. The molecule has 1 saturated carbocycles. The Morgan fingerprint density at radius 3 is 2.62 bits per heavy atom. The summed E-state index contributed by atoms with van der Waals surface area (Å²) >= 11 is 6.34. The molecule has 0 radical (unpaired) electrons. The third-order valence-corrected chi connectivity index (χ3v) is 6.61. The third kappa shape index (κ3) is 4.57. The summed E-state index contributed by atoms with van der Waals surface area (Å²) in [5.41, 5.74) is 1.82. The molecule has 2 aliphatic rings. The Balaban J connectivity index is 0.000000297. The highest BCUT2D eigenvalue weighted by Crippen LogP contribution is 2.30. The topological polar surface area (TPSA) is 111 Å². The van der Waals surface area contributed by atoms with E-state index in [1.54, 1.807) is 15.2 Å². The van der Waals surface area contributed by atoms with Gasteiger partial charge in [-0.2, -0.15) is 9.97 Å². The molecule has 2 N–H and O–H groups in total. The van der Waals surface area contributed by atoms with E-state index >= 15 is 0 Å². The Morgan fingerprint density at radius 2 is 1.91 bits per heavy atom. The lowest BCUT2D eigenvalue weighted by Gasteiger charge is -2.22. The number of aromatic nitrogens is 6. The van der Waals surface area contributed by atoms with Crippen LogP contribution < -0.4 is 5.69 Å². The molecule has 1 saturated heterocycles. The number of nitrogens with zero attached hydrogens (tertiary/aromatic N) is 5. The van der Waals surface area contributed by atoms with Crippen molar-refractivity contribution in [2.24, 2.45) is 0 Å². The first-order valence-electron chi connectivity index (χ1n) is 11.6. The van der Waals surface area contributed by atoms with E-state index in [1.165, 1.54) is 24.9 Å². The van der Waals surface area contributed by atoms with Gasteiger partial charge in [0.05, 0.1) is 11.0 Å². The molecule has 3 aromatic heterocycles. The van der Waals surface area contributed by atoms with E-state index in [0.29, 0.717) is 22.2 Å². The Morgan fingerprint density at radius 1 is 1.12 bits per heavy atom. The maximum absolute atomic E-state index is 13.7. The normalized spacial score (nSPS) is 19.3. The van der Waals surface area contributed by atoms with Gasteiger partial charge in [-0.05, 0) is 44.2 Å². The van der Waals surface area contributed by atoms with Crippen LogP contribution in [0.15, 0.2) is 29.3 Å². The molecular formula is C23H26ClFN6O3. The first-order valence-corrected chi connectivity index (χ1v) is 12.0. The fourth-order valence-electron chi connectivity index (χ4n) is 4.61. The second-order valence-electron chi connectivity index (χ2n) is 8.67. The predicted octanol–water partition coefficient (Wildman–Crippen LogP) is 4.26. The van der Waals surface area contributed by atoms with Crippen molar-refractivity contribution in [3.05, 3.63) is 46.0 Å². The van der Waals surface area contributed by atoms with Crippen molar-refractivity contribution in [2.45, 2.75) is 63.7 Å². The SMILES string of the molecule is O=c1[nH]c2c(Cl)nc(-n3cnc4ccc(F)cc43)nc2n1C1CCCCC1.OC1CCCCO1. The molecule has 1 atom stereocenters. The van der Waals surface area contributed by atoms with Crippen LogP contribution in [0.5, 0.6) is 0 Å². The summed E-state index contributed by atoms with van der Waals surface area (Å²) < 4.78 is 21.8. The first kappa shape index (κ1) is 22.9. The molecule has 1 aromatic carbocycles. The van der Waals surface area contributed by atoms with E-state index in [1.807, 2.05) is 0 Å². The number of benzene rings is 1. The maximum atomic E-state index is 13.7. The number of hydrogen-bond acceptors (Lipinski definition) is 6. The number of halogens is 2. The average molecular weight is 489 g/mol. The predicted molar refractivity (Wildman–Crippen MR) is 126 cm³/mol. The molecule has 0 spiro atoms. The van der Waals surface area contributed by atoms with Gasteiger partial charge in [-0.25, -0.2) is 14.2 Å². The van der Waals surface area contributed by atoms with Crippen LogP contribution in [-0.2, 0) is 4.74 Å². The van der Waals surface area contributed by atoms with Crippen LogP contribution in [0.4, 0.5) is 4.39 Å². The lowest BCUT2D eigenvalue weighted by Crippen LogP contribution is -2.24. The number of hydrogen-bond donors (Lipinski definition) is 2. The molecule has 4 heterocycles. The van der Waals surface area contributed by atoms with Gasteiger partial charge in [-0.1, -0.05) is 30.9 Å². The summed E-state index contributed by atoms with van der Waals surface area (Å²) in [5.74, 6) is -0.124.